The van der Waals surface area contributed by atoms with Crippen molar-refractivity contribution in [1.29, 1.82) is 0 Å². The summed E-state index contributed by atoms with van der Waals surface area (Å²) in [6, 6.07) is 4.86. The Morgan fingerprint density at radius 1 is 1.57 bits per heavy atom. The molecule has 14 heavy (non-hydrogen) atoms. The summed E-state index contributed by atoms with van der Waals surface area (Å²) >= 11 is 0. The van der Waals surface area contributed by atoms with Crippen LogP contribution < -0.4 is 5.73 Å². The average molecular weight is 193 g/mol. The van der Waals surface area contributed by atoms with E-state index in [1.807, 2.05) is 32.0 Å². The maximum atomic E-state index is 10.7. The lowest BCUT2D eigenvalue weighted by atomic mass is 9.98. The fourth-order valence-electron chi connectivity index (χ4n) is 1.38. The Hall–Kier alpha value is -1.35. The number of nitrogens with two attached hydrogens (primary N) is 1. The van der Waals surface area contributed by atoms with E-state index in [1.165, 1.54) is 0 Å². The lowest BCUT2D eigenvalue weighted by Gasteiger charge is -2.11. The molecule has 0 saturated carbocycles. The van der Waals surface area contributed by atoms with Crippen LogP contribution in [-0.4, -0.2) is 11.1 Å². The summed E-state index contributed by atoms with van der Waals surface area (Å²) < 4.78 is 0. The van der Waals surface area contributed by atoms with E-state index in [4.69, 9.17) is 10.8 Å². The molecule has 0 bridgehead atoms. The number of hydrogen-bond donors (Lipinski definition) is 2. The maximum Gasteiger partial charge on any atom is 0.325 e. The molecule has 0 amide bonds. The molecular formula is C11H15NO2. The van der Waals surface area contributed by atoms with Crippen LogP contribution in [0.5, 0.6) is 0 Å². The van der Waals surface area contributed by atoms with Gasteiger partial charge < -0.3 is 10.8 Å². The molecule has 3 N–H and O–H groups in total. The van der Waals surface area contributed by atoms with Crippen LogP contribution in [0.4, 0.5) is 0 Å². The summed E-state index contributed by atoms with van der Waals surface area (Å²) in [6.07, 6.45) is 0.889. The third kappa shape index (κ3) is 2.12. The minimum atomic E-state index is -0.985. The number of rotatable bonds is 3. The predicted octanol–water partition coefficient (Wildman–Crippen LogP) is 1.64. The van der Waals surface area contributed by atoms with Crippen molar-refractivity contribution in [2.45, 2.75) is 26.3 Å². The minimum absolute atomic E-state index is 0.705. The SMILES string of the molecule is CCc1ccc(C)c(C(N)C(=O)O)c1. The third-order valence-electron chi connectivity index (χ3n) is 2.35. The van der Waals surface area contributed by atoms with Crippen LogP contribution >= 0.6 is 0 Å². The van der Waals surface area contributed by atoms with Gasteiger partial charge in [-0.1, -0.05) is 25.1 Å². The van der Waals surface area contributed by atoms with Crippen LogP contribution in [0.1, 0.15) is 29.7 Å². The zero-order valence-corrected chi connectivity index (χ0v) is 8.45. The van der Waals surface area contributed by atoms with Gasteiger partial charge in [0, 0.05) is 0 Å². The van der Waals surface area contributed by atoms with Gasteiger partial charge in [0.05, 0.1) is 0 Å². The summed E-state index contributed by atoms with van der Waals surface area (Å²) in [5.41, 5.74) is 8.31. The third-order valence-corrected chi connectivity index (χ3v) is 2.35. The molecule has 0 fully saturated rings. The minimum Gasteiger partial charge on any atom is -0.480 e. The van der Waals surface area contributed by atoms with Crippen LogP contribution in [0.25, 0.3) is 0 Å². The molecule has 1 unspecified atom stereocenters. The molecular weight excluding hydrogens is 178 g/mol. The van der Waals surface area contributed by atoms with E-state index in [0.717, 1.165) is 17.5 Å². The van der Waals surface area contributed by atoms with E-state index >= 15 is 0 Å². The van der Waals surface area contributed by atoms with Crippen molar-refractivity contribution in [2.24, 2.45) is 5.73 Å². The number of carboxylic acid groups (broad SMARTS) is 1. The van der Waals surface area contributed by atoms with Crippen molar-refractivity contribution in [3.8, 4) is 0 Å². The highest BCUT2D eigenvalue weighted by Crippen LogP contribution is 2.18. The highest BCUT2D eigenvalue weighted by Gasteiger charge is 2.16. The van der Waals surface area contributed by atoms with Gasteiger partial charge in [0.25, 0.3) is 0 Å². The monoisotopic (exact) mass is 193 g/mol. The smallest absolute Gasteiger partial charge is 0.325 e. The van der Waals surface area contributed by atoms with Gasteiger partial charge in [-0.3, -0.25) is 4.79 Å². The molecule has 0 aliphatic carbocycles. The lowest BCUT2D eigenvalue weighted by molar-refractivity contribution is -0.138. The van der Waals surface area contributed by atoms with Crippen molar-refractivity contribution < 1.29 is 9.90 Å². The standard InChI is InChI=1S/C11H15NO2/c1-3-8-5-4-7(2)9(6-8)10(12)11(13)14/h4-6,10H,3,12H2,1-2H3,(H,13,14). The first-order valence-electron chi connectivity index (χ1n) is 4.64. The Morgan fingerprint density at radius 2 is 2.21 bits per heavy atom. The van der Waals surface area contributed by atoms with Crippen LogP contribution in [0.3, 0.4) is 0 Å². The van der Waals surface area contributed by atoms with Gasteiger partial charge in [-0.2, -0.15) is 0 Å². The number of aryl methyl sites for hydroxylation is 2. The zero-order valence-electron chi connectivity index (χ0n) is 8.45. The van der Waals surface area contributed by atoms with Crippen molar-refractivity contribution >= 4 is 5.97 Å². The van der Waals surface area contributed by atoms with Crippen LogP contribution in [0.15, 0.2) is 18.2 Å². The lowest BCUT2D eigenvalue weighted by Crippen LogP contribution is -2.21. The second kappa shape index (κ2) is 4.24. The first kappa shape index (κ1) is 10.7. The van der Waals surface area contributed by atoms with Crippen LogP contribution in [0, 0.1) is 6.92 Å². The molecule has 0 saturated heterocycles. The topological polar surface area (TPSA) is 63.3 Å². The van der Waals surface area contributed by atoms with Gasteiger partial charge in [0.2, 0.25) is 0 Å². The Kier molecular flexibility index (Phi) is 3.25. The van der Waals surface area contributed by atoms with Gasteiger partial charge in [-0.15, -0.1) is 0 Å². The molecule has 1 aromatic carbocycles. The van der Waals surface area contributed by atoms with E-state index in [-0.39, 0.29) is 0 Å². The predicted molar refractivity (Wildman–Crippen MR) is 55.1 cm³/mol. The number of carboxylic acids is 1. The van der Waals surface area contributed by atoms with Gasteiger partial charge in [0.15, 0.2) is 0 Å². The Morgan fingerprint density at radius 3 is 2.71 bits per heavy atom. The summed E-state index contributed by atoms with van der Waals surface area (Å²) in [5.74, 6) is -0.985. The highest BCUT2D eigenvalue weighted by molar-refractivity contribution is 5.75. The number of hydrogen-bond acceptors (Lipinski definition) is 2. The molecule has 0 radical (unpaired) electrons. The molecule has 3 nitrogen and oxygen atoms in total. The Labute approximate surface area is 83.6 Å². The Bertz CT molecular complexity index is 347. The van der Waals surface area contributed by atoms with E-state index in [2.05, 4.69) is 0 Å². The largest absolute Gasteiger partial charge is 0.480 e. The summed E-state index contributed by atoms with van der Waals surface area (Å²) in [5, 5.41) is 8.80. The van der Waals surface area contributed by atoms with Gasteiger partial charge in [0.1, 0.15) is 6.04 Å². The molecule has 0 heterocycles. The number of carbonyl (C=O) groups is 1. The molecule has 0 aliphatic rings. The molecule has 0 aromatic heterocycles. The van der Waals surface area contributed by atoms with E-state index in [1.54, 1.807) is 0 Å². The fourth-order valence-corrected chi connectivity index (χ4v) is 1.38. The van der Waals surface area contributed by atoms with E-state index in [0.29, 0.717) is 5.56 Å². The van der Waals surface area contributed by atoms with Crippen LogP contribution in [-0.2, 0) is 11.2 Å². The Balaban J connectivity index is 3.11. The fraction of sp³-hybridized carbons (Fsp3) is 0.364. The zero-order chi connectivity index (χ0) is 10.7. The van der Waals surface area contributed by atoms with Crippen molar-refractivity contribution in [3.05, 3.63) is 34.9 Å². The van der Waals surface area contributed by atoms with E-state index in [9.17, 15) is 4.79 Å². The first-order chi connectivity index (χ1) is 6.56. The first-order valence-corrected chi connectivity index (χ1v) is 4.64. The molecule has 0 spiro atoms. The van der Waals surface area contributed by atoms with Crippen molar-refractivity contribution in [2.75, 3.05) is 0 Å². The maximum absolute atomic E-state index is 10.7. The molecule has 0 aliphatic heterocycles. The molecule has 3 heteroatoms. The molecule has 76 valence electrons. The van der Waals surface area contributed by atoms with Gasteiger partial charge in [-0.05, 0) is 30.0 Å². The van der Waals surface area contributed by atoms with Gasteiger partial charge in [-0.25, -0.2) is 0 Å². The number of aliphatic carboxylic acids is 1. The van der Waals surface area contributed by atoms with E-state index < -0.39 is 12.0 Å². The summed E-state index contributed by atoms with van der Waals surface area (Å²) in [7, 11) is 0. The van der Waals surface area contributed by atoms with Crippen molar-refractivity contribution in [3.63, 3.8) is 0 Å². The molecule has 1 aromatic rings. The quantitative estimate of drug-likeness (QED) is 0.767. The second-order valence-corrected chi connectivity index (χ2v) is 3.36. The van der Waals surface area contributed by atoms with Gasteiger partial charge >= 0.3 is 5.97 Å². The molecule has 1 rings (SSSR count). The normalized spacial score (nSPS) is 12.5. The summed E-state index contributed by atoms with van der Waals surface area (Å²) in [6.45, 7) is 3.90. The second-order valence-electron chi connectivity index (χ2n) is 3.36. The number of benzene rings is 1. The van der Waals surface area contributed by atoms with Crippen molar-refractivity contribution in [1.82, 2.24) is 0 Å². The molecule has 1 atom stereocenters. The summed E-state index contributed by atoms with van der Waals surface area (Å²) in [4.78, 5) is 10.7. The van der Waals surface area contributed by atoms with Crippen LogP contribution in [0.2, 0.25) is 0 Å². The average Bonchev–Trinajstić information content (AvgIpc) is 2.17. The highest BCUT2D eigenvalue weighted by atomic mass is 16.4.